The molecule has 1 rings (SSSR count). The molecule has 1 aromatic rings. The van der Waals surface area contributed by atoms with Crippen LogP contribution in [0.4, 0.5) is 0 Å². The quantitative estimate of drug-likeness (QED) is 0.860. The molecule has 1 N–H and O–H groups in total. The Labute approximate surface area is 116 Å². The number of methoxy groups -OCH3 is 1. The van der Waals surface area contributed by atoms with Gasteiger partial charge in [0, 0.05) is 12.1 Å². The van der Waals surface area contributed by atoms with E-state index in [9.17, 15) is 4.79 Å². The van der Waals surface area contributed by atoms with Crippen LogP contribution in [-0.2, 0) is 0 Å². The van der Waals surface area contributed by atoms with Crippen molar-refractivity contribution in [2.75, 3.05) is 20.3 Å². The van der Waals surface area contributed by atoms with Crippen LogP contribution >= 0.6 is 0 Å². The highest BCUT2D eigenvalue weighted by atomic mass is 16.5. The molecule has 108 valence electrons. The topological polar surface area (TPSA) is 47.6 Å². The first-order valence-electron chi connectivity index (χ1n) is 6.82. The number of rotatable bonds is 6. The van der Waals surface area contributed by atoms with Crippen molar-refractivity contribution in [1.82, 2.24) is 5.32 Å². The van der Waals surface area contributed by atoms with Gasteiger partial charge in [0.1, 0.15) is 0 Å². The van der Waals surface area contributed by atoms with E-state index in [2.05, 4.69) is 5.32 Å². The number of amides is 1. The van der Waals surface area contributed by atoms with Crippen molar-refractivity contribution in [1.29, 1.82) is 0 Å². The van der Waals surface area contributed by atoms with E-state index in [4.69, 9.17) is 9.47 Å². The summed E-state index contributed by atoms with van der Waals surface area (Å²) >= 11 is 0. The maximum absolute atomic E-state index is 11.6. The first kappa shape index (κ1) is 17.3. The summed E-state index contributed by atoms with van der Waals surface area (Å²) in [5.41, 5.74) is 0.576. The second-order valence-corrected chi connectivity index (χ2v) is 3.57. The molecule has 4 nitrogen and oxygen atoms in total. The number of hydrogen-bond acceptors (Lipinski definition) is 3. The molecular formula is C15H25NO3. The van der Waals surface area contributed by atoms with E-state index in [1.165, 1.54) is 0 Å². The summed E-state index contributed by atoms with van der Waals surface area (Å²) in [6.07, 6.45) is 0.932. The Kier molecular flexibility index (Phi) is 9.31. The van der Waals surface area contributed by atoms with Crippen LogP contribution in [0.5, 0.6) is 11.5 Å². The molecule has 4 heteroatoms. The van der Waals surface area contributed by atoms with Crippen LogP contribution < -0.4 is 14.8 Å². The van der Waals surface area contributed by atoms with Crippen LogP contribution in [0.15, 0.2) is 18.2 Å². The Bertz CT molecular complexity index is 378. The third kappa shape index (κ3) is 5.64. The van der Waals surface area contributed by atoms with Crippen LogP contribution in [0, 0.1) is 0 Å². The van der Waals surface area contributed by atoms with Crippen molar-refractivity contribution < 1.29 is 14.3 Å². The molecule has 0 saturated carbocycles. The second-order valence-electron chi connectivity index (χ2n) is 3.57. The van der Waals surface area contributed by atoms with Gasteiger partial charge in [-0.3, -0.25) is 4.79 Å². The minimum absolute atomic E-state index is 0.104. The van der Waals surface area contributed by atoms with Crippen LogP contribution in [0.3, 0.4) is 0 Å². The lowest BCUT2D eigenvalue weighted by molar-refractivity contribution is 0.0955. The Morgan fingerprint density at radius 2 is 1.89 bits per heavy atom. The average molecular weight is 267 g/mol. The zero-order valence-electron chi connectivity index (χ0n) is 12.6. The van der Waals surface area contributed by atoms with Crippen molar-refractivity contribution in [2.45, 2.75) is 34.1 Å². The van der Waals surface area contributed by atoms with E-state index in [0.29, 0.717) is 30.2 Å². The highest BCUT2D eigenvalue weighted by Gasteiger charge is 2.10. The van der Waals surface area contributed by atoms with E-state index in [0.717, 1.165) is 6.42 Å². The monoisotopic (exact) mass is 267 g/mol. The van der Waals surface area contributed by atoms with Crippen molar-refractivity contribution in [2.24, 2.45) is 0 Å². The van der Waals surface area contributed by atoms with E-state index in [1.807, 2.05) is 27.7 Å². The van der Waals surface area contributed by atoms with Crippen LogP contribution in [0.25, 0.3) is 0 Å². The normalized spacial score (nSPS) is 9.11. The lowest BCUT2D eigenvalue weighted by atomic mass is 10.2. The number of benzene rings is 1. The molecule has 0 heterocycles. The van der Waals surface area contributed by atoms with Gasteiger partial charge < -0.3 is 14.8 Å². The molecule has 0 unspecified atom stereocenters. The maximum Gasteiger partial charge on any atom is 0.251 e. The molecule has 0 aliphatic rings. The minimum Gasteiger partial charge on any atom is -0.493 e. The molecule has 0 fully saturated rings. The van der Waals surface area contributed by atoms with Crippen molar-refractivity contribution >= 4 is 5.91 Å². The van der Waals surface area contributed by atoms with Crippen molar-refractivity contribution in [3.05, 3.63) is 23.8 Å². The largest absolute Gasteiger partial charge is 0.493 e. The van der Waals surface area contributed by atoms with Gasteiger partial charge >= 0.3 is 0 Å². The zero-order chi connectivity index (χ0) is 14.7. The summed E-state index contributed by atoms with van der Waals surface area (Å²) < 4.78 is 10.7. The number of ether oxygens (including phenoxy) is 2. The van der Waals surface area contributed by atoms with Gasteiger partial charge in [-0.1, -0.05) is 20.8 Å². The minimum atomic E-state index is -0.104. The summed E-state index contributed by atoms with van der Waals surface area (Å²) in [5.74, 6) is 1.15. The second kappa shape index (κ2) is 10.2. The molecule has 0 aliphatic carbocycles. The van der Waals surface area contributed by atoms with E-state index in [1.54, 1.807) is 25.3 Å². The third-order valence-electron chi connectivity index (χ3n) is 2.22. The van der Waals surface area contributed by atoms with Gasteiger partial charge in [-0.25, -0.2) is 0 Å². The van der Waals surface area contributed by atoms with Crippen LogP contribution in [0.1, 0.15) is 44.5 Å². The molecule has 0 atom stereocenters. The lowest BCUT2D eigenvalue weighted by Crippen LogP contribution is -2.22. The first-order valence-corrected chi connectivity index (χ1v) is 6.82. The first-order chi connectivity index (χ1) is 9.22. The summed E-state index contributed by atoms with van der Waals surface area (Å²) in [6, 6.07) is 5.19. The number of nitrogens with one attached hydrogen (secondary N) is 1. The lowest BCUT2D eigenvalue weighted by Gasteiger charge is -2.11. The van der Waals surface area contributed by atoms with Gasteiger partial charge in [0.05, 0.1) is 13.7 Å². The molecular weight excluding hydrogens is 242 g/mol. The summed E-state index contributed by atoms with van der Waals surface area (Å²) in [5, 5.41) is 2.74. The van der Waals surface area contributed by atoms with Gasteiger partial charge in [0.15, 0.2) is 11.5 Å². The fraction of sp³-hybridized carbons (Fsp3) is 0.533. The third-order valence-corrected chi connectivity index (χ3v) is 2.22. The van der Waals surface area contributed by atoms with Crippen LogP contribution in [0.2, 0.25) is 0 Å². The summed E-state index contributed by atoms with van der Waals surface area (Å²) in [6.45, 7) is 9.16. The fourth-order valence-corrected chi connectivity index (χ4v) is 1.40. The molecule has 0 saturated heterocycles. The molecule has 1 aromatic carbocycles. The van der Waals surface area contributed by atoms with Gasteiger partial charge in [-0.2, -0.15) is 0 Å². The Morgan fingerprint density at radius 1 is 1.21 bits per heavy atom. The highest BCUT2D eigenvalue weighted by Crippen LogP contribution is 2.28. The van der Waals surface area contributed by atoms with E-state index < -0.39 is 0 Å². The molecule has 19 heavy (non-hydrogen) atoms. The molecule has 1 amide bonds. The van der Waals surface area contributed by atoms with Gasteiger partial charge in [-0.05, 0) is 31.5 Å². The molecule has 0 aliphatic heterocycles. The Morgan fingerprint density at radius 3 is 2.42 bits per heavy atom. The summed E-state index contributed by atoms with van der Waals surface area (Å²) in [4.78, 5) is 11.6. The van der Waals surface area contributed by atoms with Crippen molar-refractivity contribution in [3.63, 3.8) is 0 Å². The molecule has 0 radical (unpaired) electrons. The number of hydrogen-bond donors (Lipinski definition) is 1. The highest BCUT2D eigenvalue weighted by molar-refractivity contribution is 5.94. The fourth-order valence-electron chi connectivity index (χ4n) is 1.40. The van der Waals surface area contributed by atoms with E-state index in [-0.39, 0.29) is 5.91 Å². The average Bonchev–Trinajstić information content (AvgIpc) is 2.47. The summed E-state index contributed by atoms with van der Waals surface area (Å²) in [7, 11) is 1.57. The van der Waals surface area contributed by atoms with Gasteiger partial charge in [-0.15, -0.1) is 0 Å². The maximum atomic E-state index is 11.6. The molecule has 0 bridgehead atoms. The zero-order valence-corrected chi connectivity index (χ0v) is 12.6. The predicted molar refractivity (Wildman–Crippen MR) is 78.1 cm³/mol. The Balaban J connectivity index is 0.00000154. The number of carbonyl (C=O) groups is 1. The molecule has 0 spiro atoms. The Hall–Kier alpha value is -1.71. The van der Waals surface area contributed by atoms with Gasteiger partial charge in [0.2, 0.25) is 0 Å². The van der Waals surface area contributed by atoms with Gasteiger partial charge in [0.25, 0.3) is 5.91 Å². The standard InChI is InChI=1S/C13H19NO3.C2H6/c1-4-8-17-11-7-6-10(9-12(11)16-3)13(15)14-5-2;1-2/h6-7,9H,4-5,8H2,1-3H3,(H,14,15);1-2H3. The SMILES string of the molecule is CC.CCCOc1ccc(C(=O)NCC)cc1OC. The van der Waals surface area contributed by atoms with Crippen molar-refractivity contribution in [3.8, 4) is 11.5 Å². The predicted octanol–water partition coefficient (Wildman–Crippen LogP) is 3.26. The smallest absolute Gasteiger partial charge is 0.251 e. The number of carbonyl (C=O) groups excluding carboxylic acids is 1. The van der Waals surface area contributed by atoms with E-state index >= 15 is 0 Å². The molecule has 0 aromatic heterocycles. The van der Waals surface area contributed by atoms with Crippen LogP contribution in [-0.4, -0.2) is 26.2 Å².